The van der Waals surface area contributed by atoms with E-state index in [-0.39, 0.29) is 0 Å². The fourth-order valence-electron chi connectivity index (χ4n) is 4.57. The lowest BCUT2D eigenvalue weighted by Gasteiger charge is -2.29. The molecule has 0 unspecified atom stereocenters. The summed E-state index contributed by atoms with van der Waals surface area (Å²) in [5.41, 5.74) is 0. The largest absolute Gasteiger partial charge is 0.371 e. The summed E-state index contributed by atoms with van der Waals surface area (Å²) in [6.07, 6.45) is 18.4. The van der Waals surface area contributed by atoms with Crippen molar-refractivity contribution in [2.45, 2.75) is 89.5 Å². The van der Waals surface area contributed by atoms with Crippen LogP contribution in [0.4, 0.5) is 0 Å². The zero-order valence-corrected chi connectivity index (χ0v) is 13.1. The lowest BCUT2D eigenvalue weighted by molar-refractivity contribution is 0.271. The van der Waals surface area contributed by atoms with E-state index in [0.717, 1.165) is 24.4 Å². The van der Waals surface area contributed by atoms with E-state index < -0.39 is 0 Å². The average Bonchev–Trinajstić information content (AvgIpc) is 2.74. The predicted octanol–water partition coefficient (Wildman–Crippen LogP) is 4.69. The van der Waals surface area contributed by atoms with Crippen LogP contribution in [0.25, 0.3) is 0 Å². The molecule has 1 aliphatic heterocycles. The lowest BCUT2D eigenvalue weighted by Crippen LogP contribution is -2.38. The molecule has 2 atom stereocenters. The van der Waals surface area contributed by atoms with E-state index in [1.807, 2.05) is 0 Å². The van der Waals surface area contributed by atoms with Crippen molar-refractivity contribution in [1.29, 1.82) is 0 Å². The second kappa shape index (κ2) is 7.47. The minimum absolute atomic E-state index is 0.744. The fraction of sp³-hybridized carbons (Fsp3) is 0.944. The molecule has 1 heterocycles. The van der Waals surface area contributed by atoms with Crippen LogP contribution in [0.2, 0.25) is 0 Å². The van der Waals surface area contributed by atoms with Gasteiger partial charge in [0.2, 0.25) is 0 Å². The molecule has 0 saturated heterocycles. The van der Waals surface area contributed by atoms with E-state index in [4.69, 9.17) is 4.99 Å². The summed E-state index contributed by atoms with van der Waals surface area (Å²) in [6.45, 7) is 1.06. The Bertz CT molecular complexity index is 317. The summed E-state index contributed by atoms with van der Waals surface area (Å²) >= 11 is 0. The molecular weight excluding hydrogens is 244 g/mol. The van der Waals surface area contributed by atoms with Gasteiger partial charge in [0.05, 0.1) is 5.84 Å². The van der Waals surface area contributed by atoms with Gasteiger partial charge in [0.25, 0.3) is 0 Å². The van der Waals surface area contributed by atoms with E-state index in [1.165, 1.54) is 89.3 Å². The maximum absolute atomic E-state index is 4.77. The molecule has 0 radical (unpaired) electrons. The van der Waals surface area contributed by atoms with Crippen LogP contribution in [0.15, 0.2) is 4.99 Å². The normalized spacial score (nSPS) is 32.7. The van der Waals surface area contributed by atoms with Crippen LogP contribution >= 0.6 is 0 Å². The molecule has 20 heavy (non-hydrogen) atoms. The summed E-state index contributed by atoms with van der Waals surface area (Å²) < 4.78 is 0. The van der Waals surface area contributed by atoms with Crippen molar-refractivity contribution < 1.29 is 0 Å². The number of hydrogen-bond donors (Lipinski definition) is 1. The van der Waals surface area contributed by atoms with Crippen molar-refractivity contribution in [3.05, 3.63) is 0 Å². The van der Waals surface area contributed by atoms with Gasteiger partial charge in [-0.25, -0.2) is 0 Å². The van der Waals surface area contributed by atoms with Gasteiger partial charge in [-0.1, -0.05) is 44.9 Å². The van der Waals surface area contributed by atoms with E-state index in [9.17, 15) is 0 Å². The van der Waals surface area contributed by atoms with Crippen molar-refractivity contribution in [3.63, 3.8) is 0 Å². The van der Waals surface area contributed by atoms with Gasteiger partial charge >= 0.3 is 0 Å². The third kappa shape index (κ3) is 3.99. The zero-order chi connectivity index (χ0) is 13.6. The van der Waals surface area contributed by atoms with Crippen LogP contribution in [0.5, 0.6) is 0 Å². The number of nitrogens with zero attached hydrogens (tertiary/aromatic N) is 1. The Morgan fingerprint density at radius 2 is 1.70 bits per heavy atom. The molecule has 0 aromatic carbocycles. The summed E-state index contributed by atoms with van der Waals surface area (Å²) in [5, 5.41) is 3.85. The van der Waals surface area contributed by atoms with E-state index in [0.29, 0.717) is 0 Å². The summed E-state index contributed by atoms with van der Waals surface area (Å²) in [7, 11) is 0. The minimum atomic E-state index is 0.744. The third-order valence-electron chi connectivity index (χ3n) is 5.75. The Hall–Kier alpha value is -0.530. The molecule has 0 spiro atoms. The van der Waals surface area contributed by atoms with Crippen LogP contribution in [0, 0.1) is 11.8 Å². The van der Waals surface area contributed by atoms with Crippen LogP contribution < -0.4 is 5.32 Å². The molecule has 3 aliphatic rings. The Morgan fingerprint density at radius 1 is 0.850 bits per heavy atom. The topological polar surface area (TPSA) is 24.4 Å². The standard InChI is InChI=1S/C18H32N2/c1-3-8-15(9-4-1)14-16-10-7-11-17(16)20-18-12-5-2-6-13-19-18/h15-17H,1-14H2,(H,19,20)/t16-,17-/m0/s1. The fourth-order valence-corrected chi connectivity index (χ4v) is 4.57. The van der Waals surface area contributed by atoms with E-state index in [1.54, 1.807) is 0 Å². The number of hydrogen-bond acceptors (Lipinski definition) is 2. The van der Waals surface area contributed by atoms with Crippen LogP contribution in [-0.4, -0.2) is 18.4 Å². The van der Waals surface area contributed by atoms with Crippen molar-refractivity contribution in [2.75, 3.05) is 6.54 Å². The number of amidine groups is 1. The Morgan fingerprint density at radius 3 is 2.60 bits per heavy atom. The van der Waals surface area contributed by atoms with Gasteiger partial charge in [-0.2, -0.15) is 0 Å². The smallest absolute Gasteiger partial charge is 0.0965 e. The first-order chi connectivity index (χ1) is 9.92. The highest BCUT2D eigenvalue weighted by Crippen LogP contribution is 2.36. The van der Waals surface area contributed by atoms with Crippen LogP contribution in [0.1, 0.15) is 83.5 Å². The SMILES string of the molecule is C1CCN=C(N[C@H]2CCC[C@H]2CC2CCCCC2)CC1. The highest BCUT2D eigenvalue weighted by Gasteiger charge is 2.30. The zero-order valence-electron chi connectivity index (χ0n) is 13.1. The van der Waals surface area contributed by atoms with Gasteiger partial charge in [0.1, 0.15) is 0 Å². The van der Waals surface area contributed by atoms with Gasteiger partial charge in [-0.15, -0.1) is 0 Å². The van der Waals surface area contributed by atoms with Gasteiger partial charge in [0.15, 0.2) is 0 Å². The number of rotatable bonds is 3. The van der Waals surface area contributed by atoms with Crippen LogP contribution in [0.3, 0.4) is 0 Å². The maximum atomic E-state index is 4.77. The molecule has 1 N–H and O–H groups in total. The molecular formula is C18H32N2. The molecule has 0 amide bonds. The Labute approximate surface area is 124 Å². The molecule has 2 aliphatic carbocycles. The summed E-state index contributed by atoms with van der Waals surface area (Å²) in [4.78, 5) is 4.77. The molecule has 2 fully saturated rings. The summed E-state index contributed by atoms with van der Waals surface area (Å²) in [5.74, 6) is 3.30. The molecule has 2 heteroatoms. The molecule has 2 saturated carbocycles. The van der Waals surface area contributed by atoms with E-state index in [2.05, 4.69) is 5.32 Å². The number of aliphatic imine (C=N–C) groups is 1. The van der Waals surface area contributed by atoms with Crippen molar-refractivity contribution >= 4 is 5.84 Å². The lowest BCUT2D eigenvalue weighted by atomic mass is 9.81. The molecule has 0 aromatic heterocycles. The highest BCUT2D eigenvalue weighted by atomic mass is 15.0. The van der Waals surface area contributed by atoms with Crippen molar-refractivity contribution in [2.24, 2.45) is 16.8 Å². The molecule has 2 nitrogen and oxygen atoms in total. The molecule has 114 valence electrons. The number of nitrogens with one attached hydrogen (secondary N) is 1. The van der Waals surface area contributed by atoms with E-state index >= 15 is 0 Å². The average molecular weight is 276 g/mol. The van der Waals surface area contributed by atoms with Crippen molar-refractivity contribution in [3.8, 4) is 0 Å². The summed E-state index contributed by atoms with van der Waals surface area (Å²) in [6, 6.07) is 0.744. The molecule has 0 bridgehead atoms. The van der Waals surface area contributed by atoms with Gasteiger partial charge in [-0.3, -0.25) is 4.99 Å². The quantitative estimate of drug-likeness (QED) is 0.794. The van der Waals surface area contributed by atoms with Gasteiger partial charge < -0.3 is 5.32 Å². The minimum Gasteiger partial charge on any atom is -0.371 e. The molecule has 3 rings (SSSR count). The monoisotopic (exact) mass is 276 g/mol. The first kappa shape index (κ1) is 14.4. The van der Waals surface area contributed by atoms with Gasteiger partial charge in [0, 0.05) is 19.0 Å². The first-order valence-electron chi connectivity index (χ1n) is 9.21. The maximum Gasteiger partial charge on any atom is 0.0965 e. The Kier molecular flexibility index (Phi) is 5.38. The third-order valence-corrected chi connectivity index (χ3v) is 5.75. The second-order valence-electron chi connectivity index (χ2n) is 7.32. The van der Waals surface area contributed by atoms with Crippen LogP contribution in [-0.2, 0) is 0 Å². The predicted molar refractivity (Wildman–Crippen MR) is 86.2 cm³/mol. The van der Waals surface area contributed by atoms with Crippen molar-refractivity contribution in [1.82, 2.24) is 5.32 Å². The molecule has 0 aromatic rings. The highest BCUT2D eigenvalue weighted by molar-refractivity contribution is 5.82. The van der Waals surface area contributed by atoms with Gasteiger partial charge in [-0.05, 0) is 43.9 Å². The second-order valence-corrected chi connectivity index (χ2v) is 7.32. The first-order valence-corrected chi connectivity index (χ1v) is 9.21. The Balaban J connectivity index is 1.50.